The SMILES string of the molecule is CCN(CCC#N)S(=O)(=O)c1ccc(F)c(N)c1. The number of nitriles is 1. The van der Waals surface area contributed by atoms with Gasteiger partial charge in [0.25, 0.3) is 0 Å². The van der Waals surface area contributed by atoms with Crippen LogP contribution in [-0.4, -0.2) is 25.8 Å². The zero-order chi connectivity index (χ0) is 13.8. The minimum Gasteiger partial charge on any atom is -0.396 e. The van der Waals surface area contributed by atoms with Crippen LogP contribution in [0.5, 0.6) is 0 Å². The van der Waals surface area contributed by atoms with Gasteiger partial charge in [-0.1, -0.05) is 6.92 Å². The maximum atomic E-state index is 13.0. The first kappa shape index (κ1) is 14.4. The molecule has 0 saturated carbocycles. The van der Waals surface area contributed by atoms with E-state index in [0.717, 1.165) is 22.5 Å². The monoisotopic (exact) mass is 271 g/mol. The molecule has 0 radical (unpaired) electrons. The summed E-state index contributed by atoms with van der Waals surface area (Å²) in [6.45, 7) is 2.01. The average Bonchev–Trinajstić information content (AvgIpc) is 2.33. The van der Waals surface area contributed by atoms with E-state index < -0.39 is 15.8 Å². The zero-order valence-corrected chi connectivity index (χ0v) is 10.7. The Kier molecular flexibility index (Phi) is 4.64. The van der Waals surface area contributed by atoms with E-state index in [0.29, 0.717) is 0 Å². The predicted octanol–water partition coefficient (Wildman–Crippen LogP) is 1.33. The maximum Gasteiger partial charge on any atom is 0.243 e. The third-order valence-corrected chi connectivity index (χ3v) is 4.40. The molecule has 0 aliphatic carbocycles. The second-order valence-electron chi connectivity index (χ2n) is 3.59. The molecule has 5 nitrogen and oxygen atoms in total. The van der Waals surface area contributed by atoms with Gasteiger partial charge in [0.2, 0.25) is 10.0 Å². The molecule has 1 aromatic rings. The Hall–Kier alpha value is -1.65. The molecule has 0 fully saturated rings. The van der Waals surface area contributed by atoms with E-state index in [2.05, 4.69) is 0 Å². The number of hydrogen-bond donors (Lipinski definition) is 1. The molecule has 1 aromatic carbocycles. The summed E-state index contributed by atoms with van der Waals surface area (Å²) in [6, 6.07) is 5.15. The third-order valence-electron chi connectivity index (χ3n) is 2.43. The summed E-state index contributed by atoms with van der Waals surface area (Å²) in [5.41, 5.74) is 5.13. The first-order chi connectivity index (χ1) is 8.43. The number of hydrogen-bond acceptors (Lipinski definition) is 4. The summed E-state index contributed by atoms with van der Waals surface area (Å²) in [6.07, 6.45) is 0.101. The van der Waals surface area contributed by atoms with Crippen molar-refractivity contribution in [2.75, 3.05) is 18.8 Å². The zero-order valence-electron chi connectivity index (χ0n) is 9.93. The van der Waals surface area contributed by atoms with Gasteiger partial charge in [0.05, 0.1) is 16.7 Å². The van der Waals surface area contributed by atoms with E-state index in [-0.39, 0.29) is 30.1 Å². The Morgan fingerprint density at radius 3 is 2.67 bits per heavy atom. The van der Waals surface area contributed by atoms with Crippen molar-refractivity contribution in [2.45, 2.75) is 18.2 Å². The molecule has 7 heteroatoms. The van der Waals surface area contributed by atoms with Crippen molar-refractivity contribution in [3.05, 3.63) is 24.0 Å². The van der Waals surface area contributed by atoms with Crippen LogP contribution >= 0.6 is 0 Å². The molecule has 0 aliphatic heterocycles. The van der Waals surface area contributed by atoms with Crippen LogP contribution in [0.15, 0.2) is 23.1 Å². The van der Waals surface area contributed by atoms with Crippen LogP contribution in [0.4, 0.5) is 10.1 Å². The summed E-state index contributed by atoms with van der Waals surface area (Å²) in [7, 11) is -3.73. The van der Waals surface area contributed by atoms with Crippen molar-refractivity contribution < 1.29 is 12.8 Å². The molecule has 18 heavy (non-hydrogen) atoms. The van der Waals surface area contributed by atoms with Crippen molar-refractivity contribution in [1.82, 2.24) is 4.31 Å². The Bertz CT molecular complexity index is 566. The lowest BCUT2D eigenvalue weighted by atomic mass is 10.3. The molecule has 0 bridgehead atoms. The molecule has 0 heterocycles. The smallest absolute Gasteiger partial charge is 0.243 e. The van der Waals surface area contributed by atoms with E-state index in [9.17, 15) is 12.8 Å². The van der Waals surface area contributed by atoms with Gasteiger partial charge in [-0.15, -0.1) is 0 Å². The Labute approximate surface area is 106 Å². The molecule has 0 saturated heterocycles. The second kappa shape index (κ2) is 5.80. The van der Waals surface area contributed by atoms with Crippen molar-refractivity contribution >= 4 is 15.7 Å². The summed E-state index contributed by atoms with van der Waals surface area (Å²) >= 11 is 0. The van der Waals surface area contributed by atoms with Crippen molar-refractivity contribution in [3.63, 3.8) is 0 Å². The molecule has 98 valence electrons. The lowest BCUT2D eigenvalue weighted by molar-refractivity contribution is 0.435. The summed E-state index contributed by atoms with van der Waals surface area (Å²) in [5, 5.41) is 8.49. The van der Waals surface area contributed by atoms with E-state index in [4.69, 9.17) is 11.0 Å². The molecule has 0 aromatic heterocycles. The van der Waals surface area contributed by atoms with Crippen LogP contribution < -0.4 is 5.73 Å². The summed E-state index contributed by atoms with van der Waals surface area (Å²) in [5.74, 6) is -0.658. The molecule has 0 unspecified atom stereocenters. The minimum atomic E-state index is -3.73. The molecular formula is C11H14FN3O2S. The number of nitrogen functional groups attached to an aromatic ring is 1. The number of nitrogens with two attached hydrogens (primary N) is 1. The fraction of sp³-hybridized carbons (Fsp3) is 0.364. The number of anilines is 1. The van der Waals surface area contributed by atoms with Crippen LogP contribution in [0.25, 0.3) is 0 Å². The first-order valence-corrected chi connectivity index (χ1v) is 6.79. The molecule has 0 spiro atoms. The standard InChI is InChI=1S/C11H14FN3O2S/c1-2-15(7-3-6-13)18(16,17)9-4-5-10(12)11(14)8-9/h4-5,8H,2-3,7,14H2,1H3. The number of benzene rings is 1. The van der Waals surface area contributed by atoms with Gasteiger partial charge in [0, 0.05) is 19.5 Å². The van der Waals surface area contributed by atoms with Gasteiger partial charge in [0.1, 0.15) is 5.82 Å². The normalized spacial score (nSPS) is 11.4. The highest BCUT2D eigenvalue weighted by Gasteiger charge is 2.23. The molecule has 1 rings (SSSR count). The quantitative estimate of drug-likeness (QED) is 0.818. The first-order valence-electron chi connectivity index (χ1n) is 5.35. The lowest BCUT2D eigenvalue weighted by Crippen LogP contribution is -2.31. The molecule has 0 aliphatic rings. The number of sulfonamides is 1. The van der Waals surface area contributed by atoms with Crippen molar-refractivity contribution in [1.29, 1.82) is 5.26 Å². The minimum absolute atomic E-state index is 0.0683. The van der Waals surface area contributed by atoms with Crippen LogP contribution in [0, 0.1) is 17.1 Å². The van der Waals surface area contributed by atoms with E-state index >= 15 is 0 Å². The lowest BCUT2D eigenvalue weighted by Gasteiger charge is -2.19. The van der Waals surface area contributed by atoms with Crippen LogP contribution in [-0.2, 0) is 10.0 Å². The van der Waals surface area contributed by atoms with Gasteiger partial charge in [-0.2, -0.15) is 9.57 Å². The maximum absolute atomic E-state index is 13.0. The van der Waals surface area contributed by atoms with Crippen molar-refractivity contribution in [2.24, 2.45) is 0 Å². The van der Waals surface area contributed by atoms with Gasteiger partial charge >= 0.3 is 0 Å². The Morgan fingerprint density at radius 1 is 1.50 bits per heavy atom. The predicted molar refractivity (Wildman–Crippen MR) is 65.5 cm³/mol. The van der Waals surface area contributed by atoms with Crippen LogP contribution in [0.1, 0.15) is 13.3 Å². The van der Waals surface area contributed by atoms with Gasteiger partial charge in [-0.25, -0.2) is 12.8 Å². The summed E-state index contributed by atoms with van der Waals surface area (Å²) in [4.78, 5) is -0.0683. The molecular weight excluding hydrogens is 257 g/mol. The highest BCUT2D eigenvalue weighted by molar-refractivity contribution is 7.89. The van der Waals surface area contributed by atoms with Crippen LogP contribution in [0.2, 0.25) is 0 Å². The average molecular weight is 271 g/mol. The Balaban J connectivity index is 3.11. The largest absolute Gasteiger partial charge is 0.396 e. The fourth-order valence-corrected chi connectivity index (χ4v) is 2.94. The number of rotatable bonds is 5. The topological polar surface area (TPSA) is 87.2 Å². The molecule has 0 atom stereocenters. The Morgan fingerprint density at radius 2 is 2.17 bits per heavy atom. The van der Waals surface area contributed by atoms with E-state index in [1.54, 1.807) is 6.92 Å². The molecule has 0 amide bonds. The number of nitrogens with zero attached hydrogens (tertiary/aromatic N) is 2. The van der Waals surface area contributed by atoms with E-state index in [1.807, 2.05) is 6.07 Å². The van der Waals surface area contributed by atoms with Crippen molar-refractivity contribution in [3.8, 4) is 6.07 Å². The number of halogens is 1. The van der Waals surface area contributed by atoms with Gasteiger partial charge < -0.3 is 5.73 Å². The van der Waals surface area contributed by atoms with E-state index in [1.165, 1.54) is 0 Å². The summed E-state index contributed by atoms with van der Waals surface area (Å²) < 4.78 is 38.5. The third kappa shape index (κ3) is 2.97. The molecule has 2 N–H and O–H groups in total. The van der Waals surface area contributed by atoms with Gasteiger partial charge in [-0.3, -0.25) is 0 Å². The second-order valence-corrected chi connectivity index (χ2v) is 5.53. The van der Waals surface area contributed by atoms with Crippen LogP contribution in [0.3, 0.4) is 0 Å². The highest BCUT2D eigenvalue weighted by Crippen LogP contribution is 2.20. The fourth-order valence-electron chi connectivity index (χ4n) is 1.45. The van der Waals surface area contributed by atoms with Gasteiger partial charge in [-0.05, 0) is 18.2 Å². The van der Waals surface area contributed by atoms with Gasteiger partial charge in [0.15, 0.2) is 0 Å². The highest BCUT2D eigenvalue weighted by atomic mass is 32.2.